The van der Waals surface area contributed by atoms with Gasteiger partial charge in [0.25, 0.3) is 0 Å². The lowest BCUT2D eigenvalue weighted by molar-refractivity contribution is -0.941. The molecule has 0 aromatic carbocycles. The minimum absolute atomic E-state index is 0.459. The van der Waals surface area contributed by atoms with Crippen LogP contribution in [-0.2, 0) is 4.74 Å². The Kier molecular flexibility index (Phi) is 3.68. The number of rotatable bonds is 1. The van der Waals surface area contributed by atoms with E-state index in [1.54, 1.807) is 0 Å². The zero-order valence-corrected chi connectivity index (χ0v) is 10.5. The predicted molar refractivity (Wildman–Crippen MR) is 62.1 cm³/mol. The molecule has 0 aromatic heterocycles. The lowest BCUT2D eigenvalue weighted by atomic mass is 9.86. The zero-order chi connectivity index (χ0) is 10.8. The summed E-state index contributed by atoms with van der Waals surface area (Å²) in [4.78, 5) is 1.81. The number of hydrogen-bond donors (Lipinski definition) is 1. The molecule has 1 saturated carbocycles. The summed E-state index contributed by atoms with van der Waals surface area (Å²) < 4.78 is 5.81. The SMILES string of the molecule is C[C@H]1CCC[C@@H]([NH+]2C[C@@H](C)O[C@H](C)C2)C1. The Morgan fingerprint density at radius 3 is 2.27 bits per heavy atom. The van der Waals surface area contributed by atoms with Crippen LogP contribution in [0.1, 0.15) is 46.5 Å². The molecule has 1 heterocycles. The summed E-state index contributed by atoms with van der Waals surface area (Å²) in [7, 11) is 0. The van der Waals surface area contributed by atoms with Gasteiger partial charge < -0.3 is 9.64 Å². The van der Waals surface area contributed by atoms with Crippen molar-refractivity contribution in [3.63, 3.8) is 0 Å². The Hall–Kier alpha value is -0.0800. The molecule has 2 aliphatic rings. The number of ether oxygens (including phenoxy) is 1. The monoisotopic (exact) mass is 212 g/mol. The van der Waals surface area contributed by atoms with Crippen LogP contribution >= 0.6 is 0 Å². The van der Waals surface area contributed by atoms with Crippen LogP contribution < -0.4 is 4.90 Å². The van der Waals surface area contributed by atoms with Crippen molar-refractivity contribution in [3.8, 4) is 0 Å². The van der Waals surface area contributed by atoms with Crippen molar-refractivity contribution in [1.82, 2.24) is 0 Å². The first-order valence-corrected chi connectivity index (χ1v) is 6.65. The number of hydrogen-bond acceptors (Lipinski definition) is 1. The molecule has 0 amide bonds. The second kappa shape index (κ2) is 4.84. The number of nitrogens with one attached hydrogen (secondary N) is 1. The highest BCUT2D eigenvalue weighted by molar-refractivity contribution is 4.71. The maximum Gasteiger partial charge on any atom is 0.104 e. The van der Waals surface area contributed by atoms with Gasteiger partial charge in [0.2, 0.25) is 0 Å². The molecule has 4 atom stereocenters. The van der Waals surface area contributed by atoms with Crippen molar-refractivity contribution in [2.24, 2.45) is 5.92 Å². The van der Waals surface area contributed by atoms with Crippen LogP contribution in [0.15, 0.2) is 0 Å². The van der Waals surface area contributed by atoms with Gasteiger partial charge in [-0.3, -0.25) is 0 Å². The predicted octanol–water partition coefficient (Wildman–Crippen LogP) is 1.26. The Morgan fingerprint density at radius 1 is 1.00 bits per heavy atom. The van der Waals surface area contributed by atoms with Crippen molar-refractivity contribution < 1.29 is 9.64 Å². The highest BCUT2D eigenvalue weighted by atomic mass is 16.5. The van der Waals surface area contributed by atoms with Crippen molar-refractivity contribution in [2.45, 2.75) is 64.7 Å². The molecule has 88 valence electrons. The zero-order valence-electron chi connectivity index (χ0n) is 10.5. The molecular formula is C13H26NO+. The van der Waals surface area contributed by atoms with Crippen LogP contribution in [0.4, 0.5) is 0 Å². The van der Waals surface area contributed by atoms with Gasteiger partial charge in [-0.1, -0.05) is 13.3 Å². The maximum atomic E-state index is 5.81. The van der Waals surface area contributed by atoms with E-state index in [0.717, 1.165) is 12.0 Å². The molecule has 1 saturated heterocycles. The van der Waals surface area contributed by atoms with Gasteiger partial charge in [-0.15, -0.1) is 0 Å². The molecule has 1 N–H and O–H groups in total. The number of quaternary nitrogens is 1. The number of morpholine rings is 1. The van der Waals surface area contributed by atoms with Gasteiger partial charge in [-0.25, -0.2) is 0 Å². The van der Waals surface area contributed by atoms with E-state index in [0.29, 0.717) is 12.2 Å². The average molecular weight is 212 g/mol. The Balaban J connectivity index is 1.91. The smallest absolute Gasteiger partial charge is 0.104 e. The molecule has 2 nitrogen and oxygen atoms in total. The molecule has 0 bridgehead atoms. The molecular weight excluding hydrogens is 186 g/mol. The molecule has 1 aliphatic heterocycles. The van der Waals surface area contributed by atoms with Gasteiger partial charge >= 0.3 is 0 Å². The third-order valence-electron chi connectivity index (χ3n) is 4.08. The summed E-state index contributed by atoms with van der Waals surface area (Å²) in [5.41, 5.74) is 0. The molecule has 2 fully saturated rings. The molecule has 2 rings (SSSR count). The molecule has 15 heavy (non-hydrogen) atoms. The fourth-order valence-electron chi connectivity index (χ4n) is 3.45. The molecule has 1 aliphatic carbocycles. The summed E-state index contributed by atoms with van der Waals surface area (Å²) in [5.74, 6) is 0.949. The quantitative estimate of drug-likeness (QED) is 0.691. The highest BCUT2D eigenvalue weighted by Gasteiger charge is 2.33. The summed E-state index contributed by atoms with van der Waals surface area (Å²) in [6.07, 6.45) is 6.69. The van der Waals surface area contributed by atoms with E-state index in [-0.39, 0.29) is 0 Å². The lowest BCUT2D eigenvalue weighted by Crippen LogP contribution is -3.19. The fourth-order valence-corrected chi connectivity index (χ4v) is 3.45. The van der Waals surface area contributed by atoms with Gasteiger partial charge in [-0.2, -0.15) is 0 Å². The first-order valence-electron chi connectivity index (χ1n) is 6.65. The Bertz CT molecular complexity index is 197. The van der Waals surface area contributed by atoms with Crippen LogP contribution in [0.2, 0.25) is 0 Å². The third-order valence-corrected chi connectivity index (χ3v) is 4.08. The largest absolute Gasteiger partial charge is 0.364 e. The molecule has 0 radical (unpaired) electrons. The van der Waals surface area contributed by atoms with Gasteiger partial charge in [0.05, 0.1) is 6.04 Å². The van der Waals surface area contributed by atoms with Crippen LogP contribution in [0.5, 0.6) is 0 Å². The van der Waals surface area contributed by atoms with E-state index < -0.39 is 0 Å². The van der Waals surface area contributed by atoms with Gasteiger partial charge in [0.1, 0.15) is 25.3 Å². The summed E-state index contributed by atoms with van der Waals surface area (Å²) >= 11 is 0. The van der Waals surface area contributed by atoms with E-state index >= 15 is 0 Å². The van der Waals surface area contributed by atoms with E-state index in [1.165, 1.54) is 38.8 Å². The molecule has 2 heteroatoms. The fraction of sp³-hybridized carbons (Fsp3) is 1.00. The minimum atomic E-state index is 0.459. The normalized spacial score (nSPS) is 47.8. The standard InChI is InChI=1S/C13H25NO/c1-10-5-4-6-13(7-10)14-8-11(2)15-12(3)9-14/h10-13H,4-9H2,1-3H3/p+1/t10-,11+,12+,13+/m0/s1. The first kappa shape index (κ1) is 11.4. The molecule has 0 spiro atoms. The maximum absolute atomic E-state index is 5.81. The van der Waals surface area contributed by atoms with Crippen LogP contribution in [0, 0.1) is 5.92 Å². The van der Waals surface area contributed by atoms with Crippen molar-refractivity contribution in [1.29, 1.82) is 0 Å². The molecule has 0 aromatic rings. The van der Waals surface area contributed by atoms with Crippen LogP contribution in [0.25, 0.3) is 0 Å². The van der Waals surface area contributed by atoms with Crippen molar-refractivity contribution in [2.75, 3.05) is 13.1 Å². The van der Waals surface area contributed by atoms with Crippen molar-refractivity contribution in [3.05, 3.63) is 0 Å². The summed E-state index contributed by atoms with van der Waals surface area (Å²) in [6.45, 7) is 9.31. The summed E-state index contributed by atoms with van der Waals surface area (Å²) in [6, 6.07) is 0.919. The second-order valence-electron chi connectivity index (χ2n) is 5.79. The van der Waals surface area contributed by atoms with Gasteiger partial charge in [0, 0.05) is 6.42 Å². The summed E-state index contributed by atoms with van der Waals surface area (Å²) in [5, 5.41) is 0. The van der Waals surface area contributed by atoms with E-state index in [2.05, 4.69) is 20.8 Å². The van der Waals surface area contributed by atoms with E-state index in [1.807, 2.05) is 4.90 Å². The van der Waals surface area contributed by atoms with E-state index in [4.69, 9.17) is 4.74 Å². The Labute approximate surface area is 94.0 Å². The highest BCUT2D eigenvalue weighted by Crippen LogP contribution is 2.22. The minimum Gasteiger partial charge on any atom is -0.364 e. The topological polar surface area (TPSA) is 13.7 Å². The Morgan fingerprint density at radius 2 is 1.67 bits per heavy atom. The van der Waals surface area contributed by atoms with Crippen LogP contribution in [0.3, 0.4) is 0 Å². The lowest BCUT2D eigenvalue weighted by Gasteiger charge is -2.40. The van der Waals surface area contributed by atoms with E-state index in [9.17, 15) is 0 Å². The van der Waals surface area contributed by atoms with Gasteiger partial charge in [0.15, 0.2) is 0 Å². The average Bonchev–Trinajstić information content (AvgIpc) is 2.16. The second-order valence-corrected chi connectivity index (χ2v) is 5.79. The first-order chi connectivity index (χ1) is 7.15. The van der Waals surface area contributed by atoms with Crippen LogP contribution in [-0.4, -0.2) is 31.3 Å². The van der Waals surface area contributed by atoms with Crippen molar-refractivity contribution >= 4 is 0 Å². The third kappa shape index (κ3) is 2.94. The molecule has 0 unspecified atom stereocenters. The van der Waals surface area contributed by atoms with Gasteiger partial charge in [-0.05, 0) is 32.6 Å².